The Bertz CT molecular complexity index is 1110. The Labute approximate surface area is 172 Å². The lowest BCUT2D eigenvalue weighted by atomic mass is 9.63. The molecule has 4 rings (SSSR count). The summed E-state index contributed by atoms with van der Waals surface area (Å²) in [5.41, 5.74) is 5.69. The highest BCUT2D eigenvalue weighted by molar-refractivity contribution is 6.08. The SMILES string of the molecule is COc1ccc2[nH]cc(/C=C/C(=O)c3ccc4c(c3)C(C)(C)CCC4(C)C)c2c1. The normalized spacial score (nSPS) is 17.4. The highest BCUT2D eigenvalue weighted by Gasteiger charge is 2.37. The van der Waals surface area contributed by atoms with E-state index in [1.165, 1.54) is 17.5 Å². The van der Waals surface area contributed by atoms with Crippen molar-refractivity contribution in [1.82, 2.24) is 4.98 Å². The summed E-state index contributed by atoms with van der Waals surface area (Å²) in [5, 5.41) is 1.04. The third-order valence-electron chi connectivity index (χ3n) is 6.47. The summed E-state index contributed by atoms with van der Waals surface area (Å²) in [6, 6.07) is 12.1. The van der Waals surface area contributed by atoms with Crippen molar-refractivity contribution in [2.75, 3.05) is 7.11 Å². The minimum Gasteiger partial charge on any atom is -0.497 e. The van der Waals surface area contributed by atoms with Gasteiger partial charge in [-0.25, -0.2) is 0 Å². The van der Waals surface area contributed by atoms with Crippen LogP contribution in [0.5, 0.6) is 5.75 Å². The molecule has 3 heteroatoms. The van der Waals surface area contributed by atoms with E-state index in [4.69, 9.17) is 4.74 Å². The summed E-state index contributed by atoms with van der Waals surface area (Å²) in [6.07, 6.45) is 7.79. The van der Waals surface area contributed by atoms with Crippen LogP contribution in [0.15, 0.2) is 48.7 Å². The van der Waals surface area contributed by atoms with Gasteiger partial charge in [0.25, 0.3) is 0 Å². The van der Waals surface area contributed by atoms with E-state index in [0.29, 0.717) is 0 Å². The number of hydrogen-bond donors (Lipinski definition) is 1. The molecule has 29 heavy (non-hydrogen) atoms. The molecule has 0 atom stereocenters. The van der Waals surface area contributed by atoms with Crippen LogP contribution in [0.4, 0.5) is 0 Å². The van der Waals surface area contributed by atoms with Crippen molar-refractivity contribution in [2.24, 2.45) is 0 Å². The van der Waals surface area contributed by atoms with Crippen molar-refractivity contribution in [1.29, 1.82) is 0 Å². The molecular formula is C26H29NO2. The van der Waals surface area contributed by atoms with Crippen molar-refractivity contribution < 1.29 is 9.53 Å². The largest absolute Gasteiger partial charge is 0.497 e. The maximum absolute atomic E-state index is 12.9. The molecule has 1 heterocycles. The van der Waals surface area contributed by atoms with Crippen LogP contribution in [0.1, 0.15) is 67.6 Å². The minimum absolute atomic E-state index is 0.0317. The van der Waals surface area contributed by atoms with Gasteiger partial charge in [-0.3, -0.25) is 4.79 Å². The highest BCUT2D eigenvalue weighted by Crippen LogP contribution is 2.45. The van der Waals surface area contributed by atoms with Crippen LogP contribution < -0.4 is 4.74 Å². The van der Waals surface area contributed by atoms with Gasteiger partial charge < -0.3 is 9.72 Å². The van der Waals surface area contributed by atoms with Gasteiger partial charge >= 0.3 is 0 Å². The molecule has 0 saturated heterocycles. The molecule has 0 fully saturated rings. The number of methoxy groups -OCH3 is 1. The maximum atomic E-state index is 12.9. The molecule has 1 aliphatic rings. The number of benzene rings is 2. The van der Waals surface area contributed by atoms with E-state index in [-0.39, 0.29) is 16.6 Å². The van der Waals surface area contributed by atoms with Crippen LogP contribution >= 0.6 is 0 Å². The van der Waals surface area contributed by atoms with Crippen molar-refractivity contribution in [3.8, 4) is 5.75 Å². The first-order valence-corrected chi connectivity index (χ1v) is 10.2. The van der Waals surface area contributed by atoms with E-state index < -0.39 is 0 Å². The zero-order valence-corrected chi connectivity index (χ0v) is 17.9. The van der Waals surface area contributed by atoms with Gasteiger partial charge in [0.05, 0.1) is 7.11 Å². The second-order valence-electron chi connectivity index (χ2n) is 9.38. The summed E-state index contributed by atoms with van der Waals surface area (Å²) in [5.74, 6) is 0.835. The molecule has 0 saturated carbocycles. The molecule has 0 aliphatic heterocycles. The lowest BCUT2D eigenvalue weighted by Gasteiger charge is -2.42. The van der Waals surface area contributed by atoms with Crippen LogP contribution in [0, 0.1) is 0 Å². The van der Waals surface area contributed by atoms with E-state index in [0.717, 1.165) is 34.2 Å². The Morgan fingerprint density at radius 1 is 1.00 bits per heavy atom. The van der Waals surface area contributed by atoms with Gasteiger partial charge in [-0.1, -0.05) is 39.8 Å². The maximum Gasteiger partial charge on any atom is 0.185 e. The third-order valence-corrected chi connectivity index (χ3v) is 6.47. The molecule has 3 aromatic rings. The van der Waals surface area contributed by atoms with E-state index in [1.54, 1.807) is 13.2 Å². The first-order valence-electron chi connectivity index (χ1n) is 10.2. The van der Waals surface area contributed by atoms with Crippen molar-refractivity contribution in [3.63, 3.8) is 0 Å². The van der Waals surface area contributed by atoms with Crippen LogP contribution in [0.2, 0.25) is 0 Å². The predicted molar refractivity (Wildman–Crippen MR) is 120 cm³/mol. The monoisotopic (exact) mass is 387 g/mol. The number of aromatic nitrogens is 1. The number of carbonyl (C=O) groups excluding carboxylic acids is 1. The number of allylic oxidation sites excluding steroid dienone is 1. The molecule has 0 spiro atoms. The number of rotatable bonds is 4. The number of aromatic amines is 1. The lowest BCUT2D eigenvalue weighted by molar-refractivity contribution is 0.104. The average molecular weight is 388 g/mol. The van der Waals surface area contributed by atoms with E-state index in [2.05, 4.69) is 44.8 Å². The summed E-state index contributed by atoms with van der Waals surface area (Å²) in [4.78, 5) is 16.2. The zero-order valence-electron chi connectivity index (χ0n) is 17.9. The minimum atomic E-state index is 0.0317. The Hall–Kier alpha value is -2.81. The summed E-state index contributed by atoms with van der Waals surface area (Å²) in [7, 11) is 1.66. The topological polar surface area (TPSA) is 42.1 Å². The first kappa shape index (κ1) is 19.5. The van der Waals surface area contributed by atoms with Crippen molar-refractivity contribution >= 4 is 22.8 Å². The molecule has 1 aromatic heterocycles. The molecule has 0 bridgehead atoms. The molecule has 3 nitrogen and oxygen atoms in total. The first-order chi connectivity index (χ1) is 13.7. The molecule has 150 valence electrons. The van der Waals surface area contributed by atoms with E-state index in [9.17, 15) is 4.79 Å². The smallest absolute Gasteiger partial charge is 0.185 e. The molecular weight excluding hydrogens is 358 g/mol. The number of fused-ring (bicyclic) bond motifs is 2. The molecule has 0 unspecified atom stereocenters. The zero-order chi connectivity index (χ0) is 20.8. The fourth-order valence-corrected chi connectivity index (χ4v) is 4.39. The Kier molecular flexibility index (Phi) is 4.65. The van der Waals surface area contributed by atoms with Crippen LogP contribution in [-0.2, 0) is 10.8 Å². The molecule has 1 N–H and O–H groups in total. The fourth-order valence-electron chi connectivity index (χ4n) is 4.39. The number of hydrogen-bond acceptors (Lipinski definition) is 2. The van der Waals surface area contributed by atoms with Crippen LogP contribution in [0.3, 0.4) is 0 Å². The van der Waals surface area contributed by atoms with Crippen molar-refractivity contribution in [2.45, 2.75) is 51.4 Å². The van der Waals surface area contributed by atoms with Gasteiger partial charge in [-0.2, -0.15) is 0 Å². The summed E-state index contributed by atoms with van der Waals surface area (Å²) < 4.78 is 5.33. The van der Waals surface area contributed by atoms with E-state index in [1.807, 2.05) is 36.5 Å². The number of carbonyl (C=O) groups is 1. The standard InChI is InChI=1S/C26H29NO2/c1-25(2)12-13-26(3,4)22-14-17(6-9-21(22)25)24(28)11-7-18-16-27-23-10-8-19(29-5)15-20(18)23/h6-11,14-16,27H,12-13H2,1-5H3/b11-7+. The van der Waals surface area contributed by atoms with Crippen LogP contribution in [-0.4, -0.2) is 17.9 Å². The van der Waals surface area contributed by atoms with Gasteiger partial charge in [0, 0.05) is 28.2 Å². The fraction of sp³-hybridized carbons (Fsp3) is 0.346. The van der Waals surface area contributed by atoms with Crippen LogP contribution in [0.25, 0.3) is 17.0 Å². The number of ketones is 1. The predicted octanol–water partition coefficient (Wildman–Crippen LogP) is 6.42. The molecule has 2 aromatic carbocycles. The number of ether oxygens (including phenoxy) is 1. The average Bonchev–Trinajstić information content (AvgIpc) is 3.11. The van der Waals surface area contributed by atoms with Crippen molar-refractivity contribution in [3.05, 3.63) is 70.9 Å². The van der Waals surface area contributed by atoms with E-state index >= 15 is 0 Å². The summed E-state index contributed by atoms with van der Waals surface area (Å²) >= 11 is 0. The third kappa shape index (κ3) is 3.50. The summed E-state index contributed by atoms with van der Waals surface area (Å²) in [6.45, 7) is 9.16. The van der Waals surface area contributed by atoms with Gasteiger partial charge in [0.15, 0.2) is 5.78 Å². The quantitative estimate of drug-likeness (QED) is 0.414. The Morgan fingerprint density at radius 2 is 1.72 bits per heavy atom. The highest BCUT2D eigenvalue weighted by atomic mass is 16.5. The van der Waals surface area contributed by atoms with Gasteiger partial charge in [0.2, 0.25) is 0 Å². The molecule has 0 radical (unpaired) electrons. The molecule has 0 amide bonds. The Balaban J connectivity index is 1.66. The Morgan fingerprint density at radius 3 is 2.45 bits per heavy atom. The number of H-pyrrole nitrogens is 1. The second-order valence-corrected chi connectivity index (χ2v) is 9.38. The van der Waals surface area contributed by atoms with Gasteiger partial charge in [0.1, 0.15) is 5.75 Å². The van der Waals surface area contributed by atoms with Gasteiger partial charge in [-0.15, -0.1) is 0 Å². The lowest BCUT2D eigenvalue weighted by Crippen LogP contribution is -2.34. The second kappa shape index (κ2) is 6.91. The number of nitrogens with one attached hydrogen (secondary N) is 1. The van der Waals surface area contributed by atoms with Gasteiger partial charge in [-0.05, 0) is 71.2 Å². The molecule has 1 aliphatic carbocycles.